The average Bonchev–Trinajstić information content (AvgIpc) is 2.52. The van der Waals surface area contributed by atoms with Gasteiger partial charge in [-0.2, -0.15) is 0 Å². The highest BCUT2D eigenvalue weighted by atomic mass is 16.5. The van der Waals surface area contributed by atoms with Gasteiger partial charge in [0.05, 0.1) is 6.42 Å². The summed E-state index contributed by atoms with van der Waals surface area (Å²) in [7, 11) is 0. The first kappa shape index (κ1) is 16.9. The molecule has 0 saturated carbocycles. The van der Waals surface area contributed by atoms with Gasteiger partial charge in [-0.05, 0) is 43.5 Å². The monoisotopic (exact) mass is 340 g/mol. The highest BCUT2D eigenvalue weighted by Crippen LogP contribution is 2.42. The molecule has 1 atom stereocenters. The molecule has 0 radical (unpaired) electrons. The molecule has 0 unspecified atom stereocenters. The Morgan fingerprint density at radius 1 is 1.16 bits per heavy atom. The number of rotatable bonds is 3. The first-order chi connectivity index (χ1) is 11.8. The van der Waals surface area contributed by atoms with Crippen molar-refractivity contribution in [3.05, 3.63) is 58.7 Å². The van der Waals surface area contributed by atoms with Crippen LogP contribution >= 0.6 is 0 Å². The zero-order chi connectivity index (χ0) is 18.1. The molecular formula is C20H20O5. The lowest BCUT2D eigenvalue weighted by atomic mass is 9.94. The minimum Gasteiger partial charge on any atom is -0.508 e. The molecule has 0 aromatic heterocycles. The van der Waals surface area contributed by atoms with Crippen molar-refractivity contribution in [1.82, 2.24) is 0 Å². The maximum Gasteiger partial charge on any atom is 0.174 e. The smallest absolute Gasteiger partial charge is 0.174 e. The second-order valence-electron chi connectivity index (χ2n) is 6.45. The molecule has 2 aromatic rings. The van der Waals surface area contributed by atoms with Crippen LogP contribution in [0.4, 0.5) is 0 Å². The quantitative estimate of drug-likeness (QED) is 0.735. The van der Waals surface area contributed by atoms with Gasteiger partial charge in [-0.3, -0.25) is 4.79 Å². The van der Waals surface area contributed by atoms with Crippen LogP contribution in [0.3, 0.4) is 0 Å². The van der Waals surface area contributed by atoms with Crippen LogP contribution in [-0.2, 0) is 6.42 Å². The van der Waals surface area contributed by atoms with Gasteiger partial charge in [0.25, 0.3) is 0 Å². The van der Waals surface area contributed by atoms with Crippen molar-refractivity contribution in [2.24, 2.45) is 0 Å². The Hall–Kier alpha value is -2.95. The van der Waals surface area contributed by atoms with Crippen LogP contribution in [0.1, 0.15) is 47.9 Å². The molecule has 1 aliphatic heterocycles. The molecule has 0 saturated heterocycles. The van der Waals surface area contributed by atoms with Crippen LogP contribution < -0.4 is 4.74 Å². The number of fused-ring (bicyclic) bond motifs is 1. The molecule has 5 heteroatoms. The lowest BCUT2D eigenvalue weighted by Gasteiger charge is -2.26. The zero-order valence-electron chi connectivity index (χ0n) is 14.1. The average molecular weight is 340 g/mol. The van der Waals surface area contributed by atoms with Gasteiger partial charge in [0, 0.05) is 12.1 Å². The van der Waals surface area contributed by atoms with E-state index in [-0.39, 0.29) is 40.8 Å². The number of carbonyl (C=O) groups excluding carboxylic acids is 1. The van der Waals surface area contributed by atoms with Gasteiger partial charge in [-0.15, -0.1) is 0 Å². The van der Waals surface area contributed by atoms with Crippen molar-refractivity contribution in [2.45, 2.75) is 32.8 Å². The number of benzene rings is 2. The Morgan fingerprint density at radius 3 is 2.64 bits per heavy atom. The van der Waals surface area contributed by atoms with Gasteiger partial charge >= 0.3 is 0 Å². The van der Waals surface area contributed by atoms with Crippen molar-refractivity contribution < 1.29 is 24.9 Å². The van der Waals surface area contributed by atoms with Crippen LogP contribution in [-0.4, -0.2) is 21.1 Å². The SMILES string of the molecule is CC(C)=CCc1cc([C@H]2CC(=O)c3c(O)cc(O)cc3O2)ccc1O. The minimum atomic E-state index is -0.535. The number of phenols is 3. The number of phenolic OH excluding ortho intramolecular Hbond substituents is 3. The maximum atomic E-state index is 12.4. The van der Waals surface area contributed by atoms with E-state index >= 15 is 0 Å². The van der Waals surface area contributed by atoms with E-state index in [0.717, 1.165) is 22.8 Å². The van der Waals surface area contributed by atoms with Crippen LogP contribution in [0.15, 0.2) is 42.0 Å². The van der Waals surface area contributed by atoms with E-state index in [1.807, 2.05) is 26.0 Å². The number of Topliss-reactive ketones (excluding diaryl/α,β-unsaturated/α-hetero) is 1. The van der Waals surface area contributed by atoms with Crippen molar-refractivity contribution in [3.8, 4) is 23.0 Å². The normalized spacial score (nSPS) is 16.1. The second-order valence-corrected chi connectivity index (χ2v) is 6.45. The molecular weight excluding hydrogens is 320 g/mol. The van der Waals surface area contributed by atoms with Gasteiger partial charge < -0.3 is 20.1 Å². The van der Waals surface area contributed by atoms with E-state index in [4.69, 9.17) is 4.74 Å². The van der Waals surface area contributed by atoms with Crippen molar-refractivity contribution in [3.63, 3.8) is 0 Å². The van der Waals surface area contributed by atoms with Gasteiger partial charge in [-0.1, -0.05) is 17.7 Å². The van der Waals surface area contributed by atoms with Crippen molar-refractivity contribution >= 4 is 5.78 Å². The minimum absolute atomic E-state index is 0.0815. The molecule has 2 aromatic carbocycles. The summed E-state index contributed by atoms with van der Waals surface area (Å²) in [4.78, 5) is 12.4. The molecule has 0 spiro atoms. The molecule has 3 N–H and O–H groups in total. The Morgan fingerprint density at radius 2 is 1.92 bits per heavy atom. The third-order valence-electron chi connectivity index (χ3n) is 4.19. The van der Waals surface area contributed by atoms with Crippen LogP contribution in [0, 0.1) is 0 Å². The Labute approximate surface area is 145 Å². The molecule has 0 fully saturated rings. The highest BCUT2D eigenvalue weighted by Gasteiger charge is 2.31. The van der Waals surface area contributed by atoms with E-state index in [2.05, 4.69) is 0 Å². The fraction of sp³-hybridized carbons (Fsp3) is 0.250. The molecule has 25 heavy (non-hydrogen) atoms. The number of allylic oxidation sites excluding steroid dienone is 2. The third-order valence-corrected chi connectivity index (χ3v) is 4.19. The fourth-order valence-corrected chi connectivity index (χ4v) is 2.89. The maximum absolute atomic E-state index is 12.4. The number of carbonyl (C=O) groups is 1. The highest BCUT2D eigenvalue weighted by molar-refractivity contribution is 6.02. The molecule has 5 nitrogen and oxygen atoms in total. The van der Waals surface area contributed by atoms with E-state index in [1.165, 1.54) is 6.07 Å². The molecule has 1 heterocycles. The lowest BCUT2D eigenvalue weighted by molar-refractivity contribution is 0.0845. The largest absolute Gasteiger partial charge is 0.508 e. The van der Waals surface area contributed by atoms with E-state index in [1.54, 1.807) is 12.1 Å². The standard InChI is InChI=1S/C20H20O5/c1-11(2)3-4-12-7-13(5-6-15(12)22)18-10-17(24)20-16(23)8-14(21)9-19(20)25-18/h3,5-9,18,21-23H,4,10H2,1-2H3/t18-/m1/s1. The van der Waals surface area contributed by atoms with Gasteiger partial charge in [-0.25, -0.2) is 0 Å². The summed E-state index contributed by atoms with van der Waals surface area (Å²) in [6.07, 6.45) is 2.14. The predicted molar refractivity (Wildman–Crippen MR) is 93.3 cm³/mol. The molecule has 3 rings (SSSR count). The Balaban J connectivity index is 1.94. The summed E-state index contributed by atoms with van der Waals surface area (Å²) in [6.45, 7) is 3.97. The van der Waals surface area contributed by atoms with Crippen LogP contribution in [0.5, 0.6) is 23.0 Å². The summed E-state index contributed by atoms with van der Waals surface area (Å²) in [5.41, 5.74) is 2.75. The number of hydrogen-bond acceptors (Lipinski definition) is 5. The molecule has 0 bridgehead atoms. The summed E-state index contributed by atoms with van der Waals surface area (Å²) in [5, 5.41) is 29.5. The first-order valence-corrected chi connectivity index (χ1v) is 8.06. The van der Waals surface area contributed by atoms with Crippen LogP contribution in [0.2, 0.25) is 0 Å². The van der Waals surface area contributed by atoms with Gasteiger partial charge in [0.1, 0.15) is 34.7 Å². The van der Waals surface area contributed by atoms with E-state index < -0.39 is 6.10 Å². The van der Waals surface area contributed by atoms with Crippen molar-refractivity contribution in [1.29, 1.82) is 0 Å². The number of ketones is 1. The van der Waals surface area contributed by atoms with E-state index in [0.29, 0.717) is 6.42 Å². The first-order valence-electron chi connectivity index (χ1n) is 8.06. The van der Waals surface area contributed by atoms with Gasteiger partial charge in [0.2, 0.25) is 0 Å². The van der Waals surface area contributed by atoms with Crippen LogP contribution in [0.25, 0.3) is 0 Å². The fourth-order valence-electron chi connectivity index (χ4n) is 2.89. The molecule has 1 aliphatic rings. The topological polar surface area (TPSA) is 87.0 Å². The second kappa shape index (κ2) is 6.51. The Kier molecular flexibility index (Phi) is 4.40. The zero-order valence-corrected chi connectivity index (χ0v) is 14.1. The summed E-state index contributed by atoms with van der Waals surface area (Å²) < 4.78 is 5.83. The number of ether oxygens (including phenoxy) is 1. The predicted octanol–water partition coefficient (Wildman–Crippen LogP) is 4.02. The summed E-state index contributed by atoms with van der Waals surface area (Å²) in [6, 6.07) is 7.57. The van der Waals surface area contributed by atoms with Gasteiger partial charge in [0.15, 0.2) is 5.78 Å². The molecule has 130 valence electrons. The van der Waals surface area contributed by atoms with E-state index in [9.17, 15) is 20.1 Å². The molecule has 0 amide bonds. The third kappa shape index (κ3) is 3.45. The summed E-state index contributed by atoms with van der Waals surface area (Å²) >= 11 is 0. The number of aromatic hydroxyl groups is 3. The van der Waals surface area contributed by atoms with Crippen molar-refractivity contribution in [2.75, 3.05) is 0 Å². The summed E-state index contributed by atoms with van der Waals surface area (Å²) in [5.74, 6) is -0.340. The molecule has 0 aliphatic carbocycles. The lowest BCUT2D eigenvalue weighted by Crippen LogP contribution is -2.20. The Bertz CT molecular complexity index is 863. The number of hydrogen-bond donors (Lipinski definition) is 3.